The molecule has 0 radical (unpaired) electrons. The van der Waals surface area contributed by atoms with Crippen molar-refractivity contribution in [3.8, 4) is 0 Å². The second-order valence-corrected chi connectivity index (χ2v) is 4.00. The lowest BCUT2D eigenvalue weighted by molar-refractivity contribution is 0.0945. The third kappa shape index (κ3) is 3.04. The first-order chi connectivity index (χ1) is 8.65. The van der Waals surface area contributed by atoms with E-state index in [0.717, 1.165) is 11.1 Å². The molecule has 0 aliphatic rings. The summed E-state index contributed by atoms with van der Waals surface area (Å²) in [5.74, 6) is 0.0363. The minimum atomic E-state index is -0.260. The van der Waals surface area contributed by atoms with Crippen LogP contribution in [0.5, 0.6) is 0 Å². The van der Waals surface area contributed by atoms with Gasteiger partial charge >= 0.3 is 0 Å². The Hall–Kier alpha value is -2.43. The molecule has 0 saturated heterocycles. The third-order valence-electron chi connectivity index (χ3n) is 2.44. The van der Waals surface area contributed by atoms with Gasteiger partial charge in [0.2, 0.25) is 0 Å². The lowest BCUT2D eigenvalue weighted by Crippen LogP contribution is -2.24. The highest BCUT2D eigenvalue weighted by Crippen LogP contribution is 2.04. The highest BCUT2D eigenvalue weighted by atomic mass is 16.1. The number of nitrogens with zero attached hydrogens (tertiary/aromatic N) is 2. The fourth-order valence-electron chi connectivity index (χ4n) is 1.55. The number of nitrogen functional groups attached to an aromatic ring is 1. The second-order valence-electron chi connectivity index (χ2n) is 4.00. The van der Waals surface area contributed by atoms with Crippen molar-refractivity contribution in [2.75, 3.05) is 5.73 Å². The molecule has 3 N–H and O–H groups in total. The van der Waals surface area contributed by atoms with Gasteiger partial charge in [-0.1, -0.05) is 29.8 Å². The largest absolute Gasteiger partial charge is 0.382 e. The zero-order valence-corrected chi connectivity index (χ0v) is 10.1. The van der Waals surface area contributed by atoms with Gasteiger partial charge in [0, 0.05) is 6.54 Å². The van der Waals surface area contributed by atoms with Crippen molar-refractivity contribution in [3.05, 3.63) is 53.5 Å². The van der Waals surface area contributed by atoms with Gasteiger partial charge in [-0.25, -0.2) is 9.97 Å². The highest BCUT2D eigenvalue weighted by Gasteiger charge is 2.06. The van der Waals surface area contributed by atoms with E-state index in [1.54, 1.807) is 0 Å². The molecule has 18 heavy (non-hydrogen) atoms. The third-order valence-corrected chi connectivity index (χ3v) is 2.44. The summed E-state index contributed by atoms with van der Waals surface area (Å²) in [6.07, 6.45) is 2.72. The molecule has 2 aromatic rings. The summed E-state index contributed by atoms with van der Waals surface area (Å²) in [4.78, 5) is 19.5. The Morgan fingerprint density at radius 3 is 2.83 bits per heavy atom. The monoisotopic (exact) mass is 242 g/mol. The lowest BCUT2D eigenvalue weighted by Gasteiger charge is -2.05. The van der Waals surface area contributed by atoms with Crippen molar-refractivity contribution < 1.29 is 4.79 Å². The average molecular weight is 242 g/mol. The van der Waals surface area contributed by atoms with E-state index < -0.39 is 0 Å². The Labute approximate surface area is 105 Å². The molecule has 0 fully saturated rings. The van der Waals surface area contributed by atoms with Gasteiger partial charge in [0.1, 0.15) is 11.5 Å². The SMILES string of the molecule is Cc1cccc(CNC(=O)c2cnc(N)cn2)c1. The zero-order chi connectivity index (χ0) is 13.0. The normalized spacial score (nSPS) is 10.1. The number of anilines is 1. The summed E-state index contributed by atoms with van der Waals surface area (Å²) in [5, 5.41) is 2.78. The van der Waals surface area contributed by atoms with E-state index in [-0.39, 0.29) is 11.6 Å². The van der Waals surface area contributed by atoms with Crippen LogP contribution in [0.1, 0.15) is 21.6 Å². The van der Waals surface area contributed by atoms with Crippen LogP contribution < -0.4 is 11.1 Å². The molecule has 1 aromatic carbocycles. The van der Waals surface area contributed by atoms with Gasteiger partial charge in [0.15, 0.2) is 0 Å². The van der Waals surface area contributed by atoms with E-state index in [0.29, 0.717) is 12.4 Å². The number of carbonyl (C=O) groups is 1. The molecule has 5 nitrogen and oxygen atoms in total. The van der Waals surface area contributed by atoms with Crippen LogP contribution in [0.4, 0.5) is 5.82 Å². The highest BCUT2D eigenvalue weighted by molar-refractivity contribution is 5.91. The summed E-state index contributed by atoms with van der Waals surface area (Å²) >= 11 is 0. The van der Waals surface area contributed by atoms with Crippen molar-refractivity contribution in [3.63, 3.8) is 0 Å². The zero-order valence-electron chi connectivity index (χ0n) is 10.1. The van der Waals surface area contributed by atoms with Crippen LogP contribution in [0.15, 0.2) is 36.7 Å². The van der Waals surface area contributed by atoms with E-state index in [1.165, 1.54) is 12.4 Å². The van der Waals surface area contributed by atoms with E-state index >= 15 is 0 Å². The minimum absolute atomic E-state index is 0.260. The van der Waals surface area contributed by atoms with Gasteiger partial charge in [-0.3, -0.25) is 4.79 Å². The van der Waals surface area contributed by atoms with Crippen LogP contribution in [0.3, 0.4) is 0 Å². The minimum Gasteiger partial charge on any atom is -0.382 e. The van der Waals surface area contributed by atoms with Gasteiger partial charge in [0.05, 0.1) is 12.4 Å². The van der Waals surface area contributed by atoms with Gasteiger partial charge in [0.25, 0.3) is 5.91 Å². The fraction of sp³-hybridized carbons (Fsp3) is 0.154. The first-order valence-electron chi connectivity index (χ1n) is 5.56. The first-order valence-corrected chi connectivity index (χ1v) is 5.56. The number of hydrogen-bond acceptors (Lipinski definition) is 4. The topological polar surface area (TPSA) is 80.9 Å². The predicted octanol–water partition coefficient (Wildman–Crippen LogP) is 1.30. The molecule has 0 unspecified atom stereocenters. The molecule has 0 aliphatic heterocycles. The molecule has 0 saturated carbocycles. The van der Waals surface area contributed by atoms with Crippen LogP contribution in [-0.4, -0.2) is 15.9 Å². The molecule has 1 heterocycles. The van der Waals surface area contributed by atoms with Crippen LogP contribution >= 0.6 is 0 Å². The second kappa shape index (κ2) is 5.27. The Morgan fingerprint density at radius 2 is 2.17 bits per heavy atom. The molecule has 0 bridgehead atoms. The summed E-state index contributed by atoms with van der Waals surface area (Å²) in [7, 11) is 0. The molecular weight excluding hydrogens is 228 g/mol. The molecule has 0 spiro atoms. The molecule has 92 valence electrons. The van der Waals surface area contributed by atoms with Crippen LogP contribution in [-0.2, 0) is 6.54 Å². The van der Waals surface area contributed by atoms with E-state index in [9.17, 15) is 4.79 Å². The standard InChI is InChI=1S/C13H14N4O/c1-9-3-2-4-10(5-9)6-17-13(18)11-7-16-12(14)8-15-11/h2-5,7-8H,6H2,1H3,(H2,14,16)(H,17,18). The quantitative estimate of drug-likeness (QED) is 0.850. The molecular formula is C13H14N4O. The summed E-state index contributed by atoms with van der Waals surface area (Å²) < 4.78 is 0. The van der Waals surface area contributed by atoms with Gasteiger partial charge < -0.3 is 11.1 Å². The lowest BCUT2D eigenvalue weighted by atomic mass is 10.1. The number of carbonyl (C=O) groups excluding carboxylic acids is 1. The molecule has 1 aromatic heterocycles. The summed E-state index contributed by atoms with van der Waals surface area (Å²) in [5.41, 5.74) is 7.87. The van der Waals surface area contributed by atoms with E-state index in [1.807, 2.05) is 31.2 Å². The Kier molecular flexibility index (Phi) is 3.52. The Bertz CT molecular complexity index is 551. The van der Waals surface area contributed by atoms with Crippen molar-refractivity contribution in [1.29, 1.82) is 0 Å². The smallest absolute Gasteiger partial charge is 0.271 e. The van der Waals surface area contributed by atoms with Crippen molar-refractivity contribution >= 4 is 11.7 Å². The summed E-state index contributed by atoms with van der Waals surface area (Å²) in [6.45, 7) is 2.48. The molecule has 0 atom stereocenters. The predicted molar refractivity (Wildman–Crippen MR) is 68.8 cm³/mol. The Morgan fingerprint density at radius 1 is 1.33 bits per heavy atom. The number of aryl methyl sites for hydroxylation is 1. The van der Waals surface area contributed by atoms with E-state index in [4.69, 9.17) is 5.73 Å². The number of amides is 1. The van der Waals surface area contributed by atoms with E-state index in [2.05, 4.69) is 15.3 Å². The van der Waals surface area contributed by atoms with Crippen LogP contribution in [0.2, 0.25) is 0 Å². The van der Waals surface area contributed by atoms with Crippen molar-refractivity contribution in [2.45, 2.75) is 13.5 Å². The van der Waals surface area contributed by atoms with Crippen LogP contribution in [0.25, 0.3) is 0 Å². The van der Waals surface area contributed by atoms with Crippen molar-refractivity contribution in [2.24, 2.45) is 0 Å². The number of aromatic nitrogens is 2. The molecule has 0 aliphatic carbocycles. The first kappa shape index (κ1) is 12.0. The maximum absolute atomic E-state index is 11.8. The maximum Gasteiger partial charge on any atom is 0.271 e. The van der Waals surface area contributed by atoms with Gasteiger partial charge in [-0.05, 0) is 12.5 Å². The number of hydrogen-bond donors (Lipinski definition) is 2. The van der Waals surface area contributed by atoms with Crippen molar-refractivity contribution in [1.82, 2.24) is 15.3 Å². The molecule has 5 heteroatoms. The number of benzene rings is 1. The molecule has 2 rings (SSSR count). The number of nitrogens with one attached hydrogen (secondary N) is 1. The summed E-state index contributed by atoms with van der Waals surface area (Å²) in [6, 6.07) is 7.95. The van der Waals surface area contributed by atoms with Gasteiger partial charge in [-0.15, -0.1) is 0 Å². The van der Waals surface area contributed by atoms with Crippen LogP contribution in [0, 0.1) is 6.92 Å². The number of nitrogens with two attached hydrogens (primary N) is 1. The molecule has 1 amide bonds. The Balaban J connectivity index is 1.98. The van der Waals surface area contributed by atoms with Gasteiger partial charge in [-0.2, -0.15) is 0 Å². The maximum atomic E-state index is 11.8. The average Bonchev–Trinajstić information content (AvgIpc) is 2.37. The fourth-order valence-corrected chi connectivity index (χ4v) is 1.55. The number of rotatable bonds is 3.